The Morgan fingerprint density at radius 1 is 0.960 bits per heavy atom. The molecule has 1 aromatic carbocycles. The number of carbonyl (C=O) groups is 1. The topological polar surface area (TPSA) is 23.6 Å². The van der Waals surface area contributed by atoms with E-state index in [-0.39, 0.29) is 0 Å². The quantitative estimate of drug-likeness (QED) is 0.830. The maximum atomic E-state index is 12.8. The number of rotatable bonds is 4. The molecule has 1 amide bonds. The van der Waals surface area contributed by atoms with Crippen LogP contribution in [0, 0.1) is 5.92 Å². The molecule has 0 spiro atoms. The highest BCUT2D eigenvalue weighted by molar-refractivity contribution is 5.76. The fraction of sp³-hybridized carbons (Fsp3) is 0.682. The first-order valence-corrected chi connectivity index (χ1v) is 10.4. The molecule has 3 fully saturated rings. The summed E-state index contributed by atoms with van der Waals surface area (Å²) in [6.45, 7) is 3.24. The van der Waals surface area contributed by atoms with Crippen LogP contribution in [0.1, 0.15) is 56.9 Å². The van der Waals surface area contributed by atoms with E-state index in [2.05, 4.69) is 34.1 Å². The van der Waals surface area contributed by atoms with E-state index < -0.39 is 0 Å². The highest BCUT2D eigenvalue weighted by Gasteiger charge is 2.41. The lowest BCUT2D eigenvalue weighted by molar-refractivity contribution is -0.130. The van der Waals surface area contributed by atoms with Gasteiger partial charge in [0.1, 0.15) is 0 Å². The van der Waals surface area contributed by atoms with Crippen molar-refractivity contribution in [2.24, 2.45) is 5.92 Å². The van der Waals surface area contributed by atoms with Crippen molar-refractivity contribution in [1.82, 2.24) is 9.80 Å². The second-order valence-electron chi connectivity index (χ2n) is 8.28. The van der Waals surface area contributed by atoms with Crippen molar-refractivity contribution in [3.05, 3.63) is 35.9 Å². The molecule has 2 aliphatic heterocycles. The van der Waals surface area contributed by atoms with Crippen molar-refractivity contribution < 1.29 is 4.79 Å². The van der Waals surface area contributed by atoms with Crippen LogP contribution < -0.4 is 0 Å². The van der Waals surface area contributed by atoms with Crippen LogP contribution in [0.5, 0.6) is 0 Å². The molecule has 0 N–H and O–H groups in total. The van der Waals surface area contributed by atoms with Crippen LogP contribution in [-0.4, -0.2) is 47.4 Å². The van der Waals surface area contributed by atoms with Crippen LogP contribution in [0.15, 0.2) is 30.3 Å². The van der Waals surface area contributed by atoms with Crippen LogP contribution >= 0.6 is 0 Å². The minimum Gasteiger partial charge on any atom is -0.341 e. The fourth-order valence-corrected chi connectivity index (χ4v) is 5.33. The summed E-state index contributed by atoms with van der Waals surface area (Å²) in [6, 6.07) is 11.8. The van der Waals surface area contributed by atoms with Gasteiger partial charge in [-0.1, -0.05) is 49.6 Å². The summed E-state index contributed by atoms with van der Waals surface area (Å²) in [5.41, 5.74) is 1.27. The van der Waals surface area contributed by atoms with Crippen molar-refractivity contribution in [2.75, 3.05) is 19.6 Å². The summed E-state index contributed by atoms with van der Waals surface area (Å²) in [7, 11) is 0. The van der Waals surface area contributed by atoms with Gasteiger partial charge >= 0.3 is 0 Å². The molecule has 3 aliphatic rings. The Bertz CT molecular complexity index is 567. The van der Waals surface area contributed by atoms with Gasteiger partial charge in [0.25, 0.3) is 0 Å². The molecule has 2 heterocycles. The molecule has 0 aromatic heterocycles. The molecule has 1 saturated carbocycles. The summed E-state index contributed by atoms with van der Waals surface area (Å²) in [5, 5.41) is 0. The van der Waals surface area contributed by atoms with Gasteiger partial charge in [-0.15, -0.1) is 0 Å². The van der Waals surface area contributed by atoms with Crippen LogP contribution in [0.3, 0.4) is 0 Å². The zero-order valence-electron chi connectivity index (χ0n) is 15.4. The van der Waals surface area contributed by atoms with Gasteiger partial charge in [-0.3, -0.25) is 9.69 Å². The van der Waals surface area contributed by atoms with E-state index in [4.69, 9.17) is 0 Å². The smallest absolute Gasteiger partial charge is 0.222 e. The summed E-state index contributed by atoms with van der Waals surface area (Å²) in [4.78, 5) is 17.8. The fourth-order valence-electron chi connectivity index (χ4n) is 5.33. The minimum atomic E-state index is 0.364. The van der Waals surface area contributed by atoms with E-state index >= 15 is 0 Å². The molecule has 0 unspecified atom stereocenters. The molecule has 1 aromatic rings. The van der Waals surface area contributed by atoms with Gasteiger partial charge in [-0.05, 0) is 50.1 Å². The van der Waals surface area contributed by atoms with Crippen molar-refractivity contribution in [2.45, 2.75) is 69.9 Å². The van der Waals surface area contributed by atoms with Crippen LogP contribution in [0.2, 0.25) is 0 Å². The van der Waals surface area contributed by atoms with Gasteiger partial charge in [0.2, 0.25) is 5.91 Å². The van der Waals surface area contributed by atoms with E-state index in [1.54, 1.807) is 0 Å². The molecule has 4 rings (SSSR count). The Kier molecular flexibility index (Phi) is 5.40. The molecule has 2 atom stereocenters. The van der Waals surface area contributed by atoms with Gasteiger partial charge in [-0.2, -0.15) is 0 Å². The number of aryl methyl sites for hydroxylation is 1. The zero-order valence-corrected chi connectivity index (χ0v) is 15.4. The molecule has 136 valence electrons. The number of likely N-dealkylation sites (tertiary alicyclic amines) is 2. The number of amides is 1. The normalized spacial score (nSPS) is 28.1. The van der Waals surface area contributed by atoms with Crippen LogP contribution in [0.25, 0.3) is 0 Å². The highest BCUT2D eigenvalue weighted by Crippen LogP contribution is 2.35. The summed E-state index contributed by atoms with van der Waals surface area (Å²) in [6.07, 6.45) is 11.1. The Hall–Kier alpha value is -1.35. The Morgan fingerprint density at radius 3 is 2.52 bits per heavy atom. The summed E-state index contributed by atoms with van der Waals surface area (Å²) < 4.78 is 0. The van der Waals surface area contributed by atoms with Crippen LogP contribution in [0.4, 0.5) is 0 Å². The third-order valence-electron chi connectivity index (χ3n) is 6.69. The standard InChI is InChI=1S/C22H32N2O/c25-22(14-13-18-8-2-1-3-9-18)23-16-19-10-6-7-15-24(21(19)17-23)20-11-4-5-12-20/h1-3,8-9,19-21H,4-7,10-17H2/t19-,21+/m0/s1. The predicted octanol–water partition coefficient (Wildman–Crippen LogP) is 3.87. The lowest BCUT2D eigenvalue weighted by Gasteiger charge is -2.35. The molecular formula is C22H32N2O. The first-order valence-electron chi connectivity index (χ1n) is 10.4. The third kappa shape index (κ3) is 3.92. The van der Waals surface area contributed by atoms with Crippen molar-refractivity contribution in [3.63, 3.8) is 0 Å². The first-order chi connectivity index (χ1) is 12.3. The van der Waals surface area contributed by atoms with E-state index in [0.717, 1.165) is 25.6 Å². The zero-order chi connectivity index (χ0) is 17.1. The number of fused-ring (bicyclic) bond motifs is 1. The lowest BCUT2D eigenvalue weighted by Crippen LogP contribution is -2.46. The largest absolute Gasteiger partial charge is 0.341 e. The number of benzene rings is 1. The second-order valence-corrected chi connectivity index (χ2v) is 8.28. The van der Waals surface area contributed by atoms with Gasteiger partial charge in [0, 0.05) is 31.6 Å². The van der Waals surface area contributed by atoms with Gasteiger partial charge in [-0.25, -0.2) is 0 Å². The predicted molar refractivity (Wildman–Crippen MR) is 101 cm³/mol. The average molecular weight is 341 g/mol. The average Bonchev–Trinajstić information content (AvgIpc) is 3.28. The molecule has 25 heavy (non-hydrogen) atoms. The molecule has 3 nitrogen and oxygen atoms in total. The van der Waals surface area contributed by atoms with E-state index in [0.29, 0.717) is 24.3 Å². The molecule has 3 heteroatoms. The van der Waals surface area contributed by atoms with Gasteiger partial charge in [0.05, 0.1) is 0 Å². The SMILES string of the molecule is O=C(CCc1ccccc1)N1C[C@@H]2CCCCN(C3CCCC3)[C@@H]2C1. The van der Waals surface area contributed by atoms with Gasteiger partial charge in [0.15, 0.2) is 0 Å². The van der Waals surface area contributed by atoms with E-state index in [1.165, 1.54) is 57.1 Å². The first kappa shape index (κ1) is 17.1. The van der Waals surface area contributed by atoms with Crippen molar-refractivity contribution in [3.8, 4) is 0 Å². The number of hydrogen-bond donors (Lipinski definition) is 0. The van der Waals surface area contributed by atoms with Crippen LogP contribution in [-0.2, 0) is 11.2 Å². The lowest BCUT2D eigenvalue weighted by atomic mass is 9.97. The maximum Gasteiger partial charge on any atom is 0.222 e. The van der Waals surface area contributed by atoms with Gasteiger partial charge < -0.3 is 4.90 Å². The Morgan fingerprint density at radius 2 is 1.72 bits per heavy atom. The molecule has 2 saturated heterocycles. The van der Waals surface area contributed by atoms with Crippen molar-refractivity contribution in [1.29, 1.82) is 0 Å². The Labute approximate surface area is 152 Å². The Balaban J connectivity index is 1.37. The third-order valence-corrected chi connectivity index (χ3v) is 6.69. The number of hydrogen-bond acceptors (Lipinski definition) is 2. The molecule has 0 bridgehead atoms. The molecule has 0 radical (unpaired) electrons. The number of carbonyl (C=O) groups excluding carboxylic acids is 1. The van der Waals surface area contributed by atoms with E-state index in [1.807, 2.05) is 6.07 Å². The van der Waals surface area contributed by atoms with E-state index in [9.17, 15) is 4.79 Å². The monoisotopic (exact) mass is 340 g/mol. The number of nitrogens with zero attached hydrogens (tertiary/aromatic N) is 2. The summed E-state index contributed by atoms with van der Waals surface area (Å²) in [5.74, 6) is 1.08. The maximum absolute atomic E-state index is 12.8. The minimum absolute atomic E-state index is 0.364. The molecular weight excluding hydrogens is 308 g/mol. The summed E-state index contributed by atoms with van der Waals surface area (Å²) >= 11 is 0. The molecule has 1 aliphatic carbocycles. The highest BCUT2D eigenvalue weighted by atomic mass is 16.2. The van der Waals surface area contributed by atoms with Crippen molar-refractivity contribution >= 4 is 5.91 Å². The second kappa shape index (κ2) is 7.90.